The zero-order valence-corrected chi connectivity index (χ0v) is 17.4. The van der Waals surface area contributed by atoms with E-state index in [4.69, 9.17) is 0 Å². The summed E-state index contributed by atoms with van der Waals surface area (Å²) in [6.07, 6.45) is 8.19. The van der Waals surface area contributed by atoms with Gasteiger partial charge in [-0.1, -0.05) is 12.8 Å². The summed E-state index contributed by atoms with van der Waals surface area (Å²) >= 11 is 0. The molecule has 2 aliphatic heterocycles. The summed E-state index contributed by atoms with van der Waals surface area (Å²) in [6, 6.07) is 0.995. The molecule has 0 aromatic heterocycles. The molecule has 4 atom stereocenters. The Morgan fingerprint density at radius 2 is 2.00 bits per heavy atom. The van der Waals surface area contributed by atoms with Crippen molar-refractivity contribution in [2.45, 2.75) is 81.8 Å². The lowest BCUT2D eigenvalue weighted by Crippen LogP contribution is -2.55. The van der Waals surface area contributed by atoms with Gasteiger partial charge in [-0.25, -0.2) is 0 Å². The van der Waals surface area contributed by atoms with Crippen molar-refractivity contribution >= 4 is 17.6 Å². The molecule has 4 fully saturated rings. The van der Waals surface area contributed by atoms with Crippen molar-refractivity contribution in [2.24, 2.45) is 11.8 Å². The van der Waals surface area contributed by atoms with Crippen molar-refractivity contribution in [1.29, 1.82) is 5.26 Å². The minimum Gasteiger partial charge on any atom is -0.339 e. The van der Waals surface area contributed by atoms with Gasteiger partial charge in [0.05, 0.1) is 6.07 Å². The molecule has 0 unspecified atom stereocenters. The second kappa shape index (κ2) is 8.06. The van der Waals surface area contributed by atoms with Crippen LogP contribution in [-0.2, 0) is 14.4 Å². The number of carbonyl (C=O) groups excluding carboxylic acids is 3. The number of carbonyl (C=O) groups is 3. The van der Waals surface area contributed by atoms with Gasteiger partial charge in [0.1, 0.15) is 23.4 Å². The molecule has 1 spiro atoms. The number of nitrogens with zero attached hydrogens (tertiary/aromatic N) is 3. The average molecular weight is 401 g/mol. The molecule has 0 aromatic carbocycles. The Morgan fingerprint density at radius 3 is 2.59 bits per heavy atom. The van der Waals surface area contributed by atoms with E-state index in [1.54, 1.807) is 4.90 Å². The van der Waals surface area contributed by atoms with Gasteiger partial charge in [0.2, 0.25) is 11.8 Å². The lowest BCUT2D eigenvalue weighted by molar-refractivity contribution is -0.143. The second-order valence-corrected chi connectivity index (χ2v) is 9.48. The summed E-state index contributed by atoms with van der Waals surface area (Å²) < 4.78 is 0. The summed E-state index contributed by atoms with van der Waals surface area (Å²) in [5.41, 5.74) is -0.438. The van der Waals surface area contributed by atoms with Crippen LogP contribution in [0.4, 0.5) is 0 Å². The first-order valence-electron chi connectivity index (χ1n) is 11.2. The van der Waals surface area contributed by atoms with Crippen LogP contribution in [-0.4, -0.2) is 65.2 Å². The number of Topliss-reactive ketones (excluding diaryl/α,β-unsaturated/α-hetero) is 1. The number of likely N-dealkylation sites (N-methyl/N-ethyl adjacent to an activating group) is 1. The highest BCUT2D eigenvalue weighted by molar-refractivity contribution is 5.94. The molecule has 0 radical (unpaired) electrons. The van der Waals surface area contributed by atoms with E-state index in [2.05, 4.69) is 16.3 Å². The van der Waals surface area contributed by atoms with Crippen molar-refractivity contribution in [3.63, 3.8) is 0 Å². The summed E-state index contributed by atoms with van der Waals surface area (Å²) in [6.45, 7) is 1.53. The summed E-state index contributed by atoms with van der Waals surface area (Å²) in [5.74, 6) is 0.437. The molecule has 2 aliphatic carbocycles. The second-order valence-electron chi connectivity index (χ2n) is 9.48. The zero-order valence-electron chi connectivity index (χ0n) is 17.4. The van der Waals surface area contributed by atoms with Crippen molar-refractivity contribution in [2.75, 3.05) is 20.1 Å². The molecule has 2 saturated carbocycles. The Hall–Kier alpha value is -1.94. The van der Waals surface area contributed by atoms with Crippen LogP contribution in [0.5, 0.6) is 0 Å². The first-order valence-corrected chi connectivity index (χ1v) is 11.2. The minimum atomic E-state index is -0.669. The fourth-order valence-electron chi connectivity index (χ4n) is 5.56. The van der Waals surface area contributed by atoms with Crippen LogP contribution >= 0.6 is 0 Å². The molecule has 158 valence electrons. The third-order valence-electron chi connectivity index (χ3n) is 7.60. The molecular formula is C22H32N4O3. The fraction of sp³-hybridized carbons (Fsp3) is 0.818. The van der Waals surface area contributed by atoms with Crippen molar-refractivity contribution in [3.05, 3.63) is 0 Å². The summed E-state index contributed by atoms with van der Waals surface area (Å²) in [5, 5.41) is 12.4. The fourth-order valence-corrected chi connectivity index (χ4v) is 5.56. The minimum absolute atomic E-state index is 0.0813. The quantitative estimate of drug-likeness (QED) is 0.701. The molecule has 7 heteroatoms. The maximum absolute atomic E-state index is 13.4. The monoisotopic (exact) mass is 400 g/mol. The number of hydrogen-bond acceptors (Lipinski definition) is 5. The Kier molecular flexibility index (Phi) is 5.65. The molecule has 0 bridgehead atoms. The van der Waals surface area contributed by atoms with Gasteiger partial charge in [-0.2, -0.15) is 5.26 Å². The first-order chi connectivity index (χ1) is 13.9. The van der Waals surface area contributed by atoms with Gasteiger partial charge < -0.3 is 10.2 Å². The van der Waals surface area contributed by atoms with E-state index in [-0.39, 0.29) is 23.5 Å². The van der Waals surface area contributed by atoms with Crippen molar-refractivity contribution in [1.82, 2.24) is 15.1 Å². The van der Waals surface area contributed by atoms with E-state index in [1.165, 1.54) is 0 Å². The van der Waals surface area contributed by atoms with Gasteiger partial charge in [-0.15, -0.1) is 0 Å². The lowest BCUT2D eigenvalue weighted by atomic mass is 9.94. The number of amides is 2. The lowest BCUT2D eigenvalue weighted by Gasteiger charge is -2.33. The molecule has 4 rings (SSSR count). The van der Waals surface area contributed by atoms with Crippen LogP contribution in [0.25, 0.3) is 0 Å². The van der Waals surface area contributed by atoms with E-state index >= 15 is 0 Å². The van der Waals surface area contributed by atoms with E-state index in [9.17, 15) is 19.6 Å². The molecule has 1 N–H and O–H groups in total. The van der Waals surface area contributed by atoms with Gasteiger partial charge >= 0.3 is 0 Å². The van der Waals surface area contributed by atoms with Gasteiger partial charge in [0.25, 0.3) is 0 Å². The number of nitrogens with one attached hydrogen (secondary N) is 1. The van der Waals surface area contributed by atoms with Gasteiger partial charge in [-0.3, -0.25) is 19.3 Å². The number of ketones is 1. The predicted molar refractivity (Wildman–Crippen MR) is 107 cm³/mol. The zero-order chi connectivity index (χ0) is 20.6. The average Bonchev–Trinajstić information content (AvgIpc) is 3.19. The number of rotatable bonds is 7. The van der Waals surface area contributed by atoms with Gasteiger partial charge in [-0.05, 0) is 64.5 Å². The third-order valence-corrected chi connectivity index (χ3v) is 7.60. The van der Waals surface area contributed by atoms with Gasteiger partial charge in [0, 0.05) is 18.9 Å². The van der Waals surface area contributed by atoms with Crippen LogP contribution < -0.4 is 5.32 Å². The number of hydrogen-bond donors (Lipinski definition) is 1. The standard InChI is InChI=1S/C22H32N4O3/c1-25-10-3-8-22(25)9-11-26(21(22)29)18(12-15-6-7-15)20(28)24-17(14-23)13-16-4-2-5-19(16)27/h15-18H,2-13H2,1H3,(H,24,28)/t16-,17-,18-,22+/m0/s1. The van der Waals surface area contributed by atoms with E-state index in [1.807, 2.05) is 7.05 Å². The molecule has 2 saturated heterocycles. The smallest absolute Gasteiger partial charge is 0.243 e. The molecule has 7 nitrogen and oxygen atoms in total. The first kappa shape index (κ1) is 20.3. The number of nitriles is 1. The summed E-state index contributed by atoms with van der Waals surface area (Å²) in [4.78, 5) is 42.4. The van der Waals surface area contributed by atoms with Crippen LogP contribution in [0.1, 0.15) is 64.2 Å². The maximum Gasteiger partial charge on any atom is 0.243 e. The number of likely N-dealkylation sites (tertiary alicyclic amines) is 2. The van der Waals surface area contributed by atoms with Crippen LogP contribution in [0.15, 0.2) is 0 Å². The Balaban J connectivity index is 1.45. The van der Waals surface area contributed by atoms with Crippen molar-refractivity contribution < 1.29 is 14.4 Å². The SMILES string of the molecule is CN1CCC[C@]12CCN([C@@H](CC1CC1)C(=O)N[C@H](C#N)C[C@@H]1CCCC1=O)C2=O. The molecular weight excluding hydrogens is 368 g/mol. The maximum atomic E-state index is 13.4. The normalized spacial score (nSPS) is 32.0. The molecule has 2 heterocycles. The van der Waals surface area contributed by atoms with E-state index < -0.39 is 17.6 Å². The highest BCUT2D eigenvalue weighted by Crippen LogP contribution is 2.41. The molecule has 29 heavy (non-hydrogen) atoms. The highest BCUT2D eigenvalue weighted by atomic mass is 16.2. The summed E-state index contributed by atoms with van der Waals surface area (Å²) in [7, 11) is 2.01. The Labute approximate surface area is 172 Å². The molecule has 0 aromatic rings. The highest BCUT2D eigenvalue weighted by Gasteiger charge is 2.54. The van der Waals surface area contributed by atoms with Crippen LogP contribution in [0.3, 0.4) is 0 Å². The topological polar surface area (TPSA) is 93.5 Å². The van der Waals surface area contributed by atoms with E-state index in [0.717, 1.165) is 51.5 Å². The van der Waals surface area contributed by atoms with E-state index in [0.29, 0.717) is 31.7 Å². The largest absolute Gasteiger partial charge is 0.339 e. The van der Waals surface area contributed by atoms with Crippen LogP contribution in [0, 0.1) is 23.2 Å². The predicted octanol–water partition coefficient (Wildman–Crippen LogP) is 1.62. The van der Waals surface area contributed by atoms with Gasteiger partial charge in [0.15, 0.2) is 0 Å². The molecule has 4 aliphatic rings. The Bertz CT molecular complexity index is 728. The van der Waals surface area contributed by atoms with Crippen LogP contribution in [0.2, 0.25) is 0 Å². The molecule has 2 amide bonds. The third kappa shape index (κ3) is 3.92. The van der Waals surface area contributed by atoms with Crippen molar-refractivity contribution in [3.8, 4) is 6.07 Å². The Morgan fingerprint density at radius 1 is 1.21 bits per heavy atom.